The Kier molecular flexibility index (Phi) is 4.07. The van der Waals surface area contributed by atoms with Crippen molar-refractivity contribution in [3.8, 4) is 11.1 Å². The van der Waals surface area contributed by atoms with E-state index in [0.717, 1.165) is 34.2 Å². The summed E-state index contributed by atoms with van der Waals surface area (Å²) in [7, 11) is 0. The lowest BCUT2D eigenvalue weighted by molar-refractivity contribution is -0.137. The van der Waals surface area contributed by atoms with Crippen molar-refractivity contribution in [2.75, 3.05) is 0 Å². The van der Waals surface area contributed by atoms with E-state index in [1.54, 1.807) is 24.5 Å². The van der Waals surface area contributed by atoms with Crippen LogP contribution in [0.15, 0.2) is 71.8 Å². The third kappa shape index (κ3) is 3.48. The minimum atomic E-state index is -4.41. The van der Waals surface area contributed by atoms with E-state index in [1.807, 2.05) is 18.2 Å². The van der Waals surface area contributed by atoms with Crippen LogP contribution in [-0.4, -0.2) is 14.8 Å². The van der Waals surface area contributed by atoms with Gasteiger partial charge >= 0.3 is 6.18 Å². The third-order valence-corrected chi connectivity index (χ3v) is 4.37. The van der Waals surface area contributed by atoms with E-state index in [9.17, 15) is 18.0 Å². The van der Waals surface area contributed by atoms with Crippen LogP contribution in [0.5, 0.6) is 0 Å². The Bertz CT molecular complexity index is 1170. The molecule has 0 bridgehead atoms. The summed E-state index contributed by atoms with van der Waals surface area (Å²) >= 11 is 0. The minimum Gasteiger partial charge on any atom is -0.310 e. The quantitative estimate of drug-likeness (QED) is 0.580. The number of rotatable bonds is 3. The predicted octanol–water partition coefficient (Wildman–Crippen LogP) is 4.46. The molecule has 2 heterocycles. The molecule has 1 N–H and O–H groups in total. The van der Waals surface area contributed by atoms with Gasteiger partial charge in [-0.25, -0.2) is 0 Å². The molecular weight excluding hydrogens is 355 g/mol. The van der Waals surface area contributed by atoms with Gasteiger partial charge in [-0.05, 0) is 41.0 Å². The summed E-state index contributed by atoms with van der Waals surface area (Å²) in [6.45, 7) is 0.0584. The topological polar surface area (TPSA) is 50.7 Å². The first-order chi connectivity index (χ1) is 12.9. The van der Waals surface area contributed by atoms with Crippen LogP contribution >= 0.6 is 0 Å². The normalized spacial score (nSPS) is 11.8. The fourth-order valence-electron chi connectivity index (χ4n) is 2.98. The standard InChI is InChI=1S/C20H14F3N3O/c21-20(22,23)17-3-1-2-13(8-17)11-26-12-16(6-7-19(26)27)14-4-5-15-10-24-25-18(15)9-14/h1-10,12H,11H2,(H,24,25). The highest BCUT2D eigenvalue weighted by molar-refractivity contribution is 5.83. The molecule has 0 saturated heterocycles. The lowest BCUT2D eigenvalue weighted by Crippen LogP contribution is -2.19. The molecule has 2 aromatic carbocycles. The van der Waals surface area contributed by atoms with Crippen molar-refractivity contribution < 1.29 is 13.2 Å². The van der Waals surface area contributed by atoms with E-state index in [-0.39, 0.29) is 12.1 Å². The summed E-state index contributed by atoms with van der Waals surface area (Å²) in [4.78, 5) is 12.2. The number of hydrogen-bond donors (Lipinski definition) is 1. The number of halogens is 3. The van der Waals surface area contributed by atoms with Crippen molar-refractivity contribution in [3.05, 3.63) is 88.5 Å². The number of benzene rings is 2. The van der Waals surface area contributed by atoms with Gasteiger partial charge in [-0.2, -0.15) is 18.3 Å². The molecular formula is C20H14F3N3O. The molecule has 0 saturated carbocycles. The molecule has 7 heteroatoms. The zero-order valence-electron chi connectivity index (χ0n) is 14.0. The summed E-state index contributed by atoms with van der Waals surface area (Å²) in [5.41, 5.74) is 1.94. The summed E-state index contributed by atoms with van der Waals surface area (Å²) < 4.78 is 40.1. The van der Waals surface area contributed by atoms with Gasteiger partial charge < -0.3 is 4.57 Å². The summed E-state index contributed by atoms with van der Waals surface area (Å²) in [6, 6.07) is 13.9. The lowest BCUT2D eigenvalue weighted by atomic mass is 10.1. The van der Waals surface area contributed by atoms with Crippen molar-refractivity contribution in [2.45, 2.75) is 12.7 Å². The molecule has 2 aromatic heterocycles. The van der Waals surface area contributed by atoms with E-state index in [2.05, 4.69) is 10.2 Å². The smallest absolute Gasteiger partial charge is 0.310 e. The fraction of sp³-hybridized carbons (Fsp3) is 0.100. The van der Waals surface area contributed by atoms with Crippen LogP contribution in [0.25, 0.3) is 22.0 Å². The van der Waals surface area contributed by atoms with E-state index in [4.69, 9.17) is 0 Å². The van der Waals surface area contributed by atoms with E-state index < -0.39 is 11.7 Å². The Morgan fingerprint density at radius 3 is 2.63 bits per heavy atom. The van der Waals surface area contributed by atoms with Crippen LogP contribution in [0.4, 0.5) is 13.2 Å². The van der Waals surface area contributed by atoms with Gasteiger partial charge in [0, 0.05) is 17.6 Å². The number of H-pyrrole nitrogens is 1. The average molecular weight is 369 g/mol. The summed E-state index contributed by atoms with van der Waals surface area (Å²) in [6.07, 6.45) is -1.05. The molecule has 0 unspecified atom stereocenters. The van der Waals surface area contributed by atoms with Gasteiger partial charge in [0.05, 0.1) is 23.8 Å². The van der Waals surface area contributed by atoms with Crippen LogP contribution < -0.4 is 5.56 Å². The van der Waals surface area contributed by atoms with Gasteiger partial charge in [-0.1, -0.05) is 24.3 Å². The SMILES string of the molecule is O=c1ccc(-c2ccc3cn[nH]c3c2)cn1Cc1cccc(C(F)(F)F)c1. The second-order valence-electron chi connectivity index (χ2n) is 6.25. The van der Waals surface area contributed by atoms with Crippen molar-refractivity contribution in [1.82, 2.24) is 14.8 Å². The van der Waals surface area contributed by atoms with Crippen LogP contribution in [0.1, 0.15) is 11.1 Å². The highest BCUT2D eigenvalue weighted by Gasteiger charge is 2.30. The molecule has 0 atom stereocenters. The maximum Gasteiger partial charge on any atom is 0.416 e. The molecule has 0 fully saturated rings. The van der Waals surface area contributed by atoms with Gasteiger partial charge in [-0.3, -0.25) is 9.89 Å². The number of hydrogen-bond acceptors (Lipinski definition) is 2. The van der Waals surface area contributed by atoms with Crippen molar-refractivity contribution >= 4 is 10.9 Å². The maximum atomic E-state index is 12.9. The zero-order valence-corrected chi connectivity index (χ0v) is 14.0. The molecule has 27 heavy (non-hydrogen) atoms. The van der Waals surface area contributed by atoms with Crippen LogP contribution in [0, 0.1) is 0 Å². The average Bonchev–Trinajstić information content (AvgIpc) is 3.11. The first kappa shape index (κ1) is 17.1. The Hall–Kier alpha value is -3.35. The highest BCUT2D eigenvalue weighted by atomic mass is 19.4. The Balaban J connectivity index is 1.70. The molecule has 4 rings (SSSR count). The van der Waals surface area contributed by atoms with Crippen LogP contribution in [-0.2, 0) is 12.7 Å². The molecule has 136 valence electrons. The molecule has 0 aliphatic rings. The number of nitrogens with zero attached hydrogens (tertiary/aromatic N) is 2. The number of alkyl halides is 3. The second kappa shape index (κ2) is 6.42. The molecule has 0 aliphatic carbocycles. The molecule has 0 amide bonds. The molecule has 4 aromatic rings. The van der Waals surface area contributed by atoms with E-state index >= 15 is 0 Å². The Morgan fingerprint density at radius 1 is 1.00 bits per heavy atom. The van der Waals surface area contributed by atoms with Crippen molar-refractivity contribution in [1.29, 1.82) is 0 Å². The van der Waals surface area contributed by atoms with E-state index in [0.29, 0.717) is 5.56 Å². The van der Waals surface area contributed by atoms with Gasteiger partial charge in [0.2, 0.25) is 0 Å². The third-order valence-electron chi connectivity index (χ3n) is 4.37. The number of fused-ring (bicyclic) bond motifs is 1. The zero-order chi connectivity index (χ0) is 19.0. The monoisotopic (exact) mass is 369 g/mol. The van der Waals surface area contributed by atoms with Crippen LogP contribution in [0.3, 0.4) is 0 Å². The van der Waals surface area contributed by atoms with Gasteiger partial charge in [-0.15, -0.1) is 0 Å². The Morgan fingerprint density at radius 2 is 1.81 bits per heavy atom. The van der Waals surface area contributed by atoms with E-state index in [1.165, 1.54) is 16.7 Å². The molecule has 0 aliphatic heterocycles. The summed E-state index contributed by atoms with van der Waals surface area (Å²) in [5.74, 6) is 0. The van der Waals surface area contributed by atoms with Gasteiger partial charge in [0.1, 0.15) is 0 Å². The van der Waals surface area contributed by atoms with Gasteiger partial charge in [0.15, 0.2) is 0 Å². The lowest BCUT2D eigenvalue weighted by Gasteiger charge is -2.11. The predicted molar refractivity (Wildman–Crippen MR) is 96.3 cm³/mol. The molecule has 0 spiro atoms. The number of pyridine rings is 1. The summed E-state index contributed by atoms with van der Waals surface area (Å²) in [5, 5.41) is 7.84. The number of aromatic nitrogens is 3. The largest absolute Gasteiger partial charge is 0.416 e. The fourth-order valence-corrected chi connectivity index (χ4v) is 2.98. The highest BCUT2D eigenvalue weighted by Crippen LogP contribution is 2.29. The molecule has 4 nitrogen and oxygen atoms in total. The molecule has 0 radical (unpaired) electrons. The first-order valence-corrected chi connectivity index (χ1v) is 8.20. The number of nitrogens with one attached hydrogen (secondary N) is 1. The Labute approximate surface area is 151 Å². The van der Waals surface area contributed by atoms with Crippen LogP contribution in [0.2, 0.25) is 0 Å². The van der Waals surface area contributed by atoms with Crippen molar-refractivity contribution in [2.24, 2.45) is 0 Å². The van der Waals surface area contributed by atoms with Gasteiger partial charge in [0.25, 0.3) is 5.56 Å². The maximum absolute atomic E-state index is 12.9. The van der Waals surface area contributed by atoms with Crippen molar-refractivity contribution in [3.63, 3.8) is 0 Å². The first-order valence-electron chi connectivity index (χ1n) is 8.20. The minimum absolute atomic E-state index is 0.0584. The second-order valence-corrected chi connectivity index (χ2v) is 6.25. The number of aromatic amines is 1.